The SMILES string of the molecule is C[C@@H](Sc1nnnn1C[C@@H]1CCCO1)C(=O)NCc1ccc2c(c1)OCO2. The van der Waals surface area contributed by atoms with Gasteiger partial charge in [0.1, 0.15) is 0 Å². The van der Waals surface area contributed by atoms with Crippen LogP contribution in [0.15, 0.2) is 23.4 Å². The lowest BCUT2D eigenvalue weighted by atomic mass is 10.2. The third-order valence-electron chi connectivity index (χ3n) is 4.45. The van der Waals surface area contributed by atoms with Crippen LogP contribution in [0.3, 0.4) is 0 Å². The summed E-state index contributed by atoms with van der Waals surface area (Å²) in [5, 5.41) is 15.0. The van der Waals surface area contributed by atoms with Crippen LogP contribution in [0.1, 0.15) is 25.3 Å². The fourth-order valence-corrected chi connectivity index (χ4v) is 3.80. The lowest BCUT2D eigenvalue weighted by molar-refractivity contribution is -0.120. The molecular formula is C17H21N5O4S. The second-order valence-electron chi connectivity index (χ2n) is 6.44. The van der Waals surface area contributed by atoms with Crippen LogP contribution in [0.4, 0.5) is 0 Å². The van der Waals surface area contributed by atoms with Gasteiger partial charge in [0.25, 0.3) is 0 Å². The van der Waals surface area contributed by atoms with Crippen molar-refractivity contribution in [2.75, 3.05) is 13.4 Å². The van der Waals surface area contributed by atoms with Gasteiger partial charge in [0.15, 0.2) is 11.5 Å². The number of rotatable bonds is 7. The van der Waals surface area contributed by atoms with Crippen LogP contribution >= 0.6 is 11.8 Å². The maximum Gasteiger partial charge on any atom is 0.233 e. The molecule has 2 aliphatic rings. The van der Waals surface area contributed by atoms with Crippen molar-refractivity contribution in [3.05, 3.63) is 23.8 Å². The number of ether oxygens (including phenoxy) is 3. The molecule has 2 atom stereocenters. The van der Waals surface area contributed by atoms with Gasteiger partial charge < -0.3 is 19.5 Å². The highest BCUT2D eigenvalue weighted by atomic mass is 32.2. The number of fused-ring (bicyclic) bond motifs is 1. The number of hydrogen-bond acceptors (Lipinski definition) is 8. The summed E-state index contributed by atoms with van der Waals surface area (Å²) in [6.45, 7) is 3.89. The van der Waals surface area contributed by atoms with Crippen molar-refractivity contribution in [2.24, 2.45) is 0 Å². The standard InChI is InChI=1S/C17H21N5O4S/c1-11(27-17-19-20-21-22(17)9-13-3-2-6-24-13)16(23)18-8-12-4-5-14-15(7-12)26-10-25-14/h4-5,7,11,13H,2-3,6,8-10H2,1H3,(H,18,23)/t11-,13+/m1/s1. The third kappa shape index (κ3) is 4.33. The molecule has 2 aliphatic heterocycles. The molecule has 3 heterocycles. The third-order valence-corrected chi connectivity index (χ3v) is 5.53. The highest BCUT2D eigenvalue weighted by Crippen LogP contribution is 2.32. The first kappa shape index (κ1) is 18.1. The van der Waals surface area contributed by atoms with E-state index in [9.17, 15) is 4.79 Å². The fourth-order valence-electron chi connectivity index (χ4n) is 2.97. The first-order chi connectivity index (χ1) is 13.2. The Bertz CT molecular complexity index is 808. The van der Waals surface area contributed by atoms with Crippen LogP contribution in [0, 0.1) is 0 Å². The van der Waals surface area contributed by atoms with E-state index in [0.717, 1.165) is 30.8 Å². The second-order valence-corrected chi connectivity index (χ2v) is 7.75. The number of thioether (sulfide) groups is 1. The van der Waals surface area contributed by atoms with Crippen molar-refractivity contribution in [3.8, 4) is 11.5 Å². The normalized spacial score (nSPS) is 19.2. The second kappa shape index (κ2) is 8.13. The average molecular weight is 391 g/mol. The Morgan fingerprint density at radius 1 is 1.41 bits per heavy atom. The molecule has 27 heavy (non-hydrogen) atoms. The van der Waals surface area contributed by atoms with E-state index in [1.165, 1.54) is 11.8 Å². The van der Waals surface area contributed by atoms with Crippen molar-refractivity contribution in [3.63, 3.8) is 0 Å². The minimum atomic E-state index is -0.326. The Labute approximate surface area is 160 Å². The van der Waals surface area contributed by atoms with E-state index in [4.69, 9.17) is 14.2 Å². The van der Waals surface area contributed by atoms with Crippen LogP contribution in [0.2, 0.25) is 0 Å². The molecule has 1 fully saturated rings. The molecule has 1 aromatic carbocycles. The number of hydrogen-bond donors (Lipinski definition) is 1. The van der Waals surface area contributed by atoms with Crippen molar-refractivity contribution in [1.82, 2.24) is 25.5 Å². The van der Waals surface area contributed by atoms with E-state index < -0.39 is 0 Å². The van der Waals surface area contributed by atoms with Crippen LogP contribution < -0.4 is 14.8 Å². The number of benzene rings is 1. The predicted molar refractivity (Wildman–Crippen MR) is 96.5 cm³/mol. The lowest BCUT2D eigenvalue weighted by Crippen LogP contribution is -2.30. The Hall–Kier alpha value is -2.33. The van der Waals surface area contributed by atoms with Gasteiger partial charge in [0, 0.05) is 13.2 Å². The molecular weight excluding hydrogens is 370 g/mol. The zero-order valence-corrected chi connectivity index (χ0v) is 15.8. The van der Waals surface area contributed by atoms with Crippen molar-refractivity contribution >= 4 is 17.7 Å². The van der Waals surface area contributed by atoms with E-state index in [1.807, 2.05) is 25.1 Å². The summed E-state index contributed by atoms with van der Waals surface area (Å²) in [4.78, 5) is 12.4. The molecule has 10 heteroatoms. The maximum atomic E-state index is 12.4. The van der Waals surface area contributed by atoms with Crippen molar-refractivity contribution in [2.45, 2.75) is 49.4 Å². The number of tetrazole rings is 1. The van der Waals surface area contributed by atoms with Gasteiger partial charge in [-0.1, -0.05) is 17.8 Å². The summed E-state index contributed by atoms with van der Waals surface area (Å²) in [7, 11) is 0. The minimum Gasteiger partial charge on any atom is -0.454 e. The van der Waals surface area contributed by atoms with E-state index in [0.29, 0.717) is 24.0 Å². The summed E-state index contributed by atoms with van der Waals surface area (Å²) in [6.07, 6.45) is 2.21. The highest BCUT2D eigenvalue weighted by Gasteiger charge is 2.22. The molecule has 1 amide bonds. The Balaban J connectivity index is 1.30. The fraction of sp³-hybridized carbons (Fsp3) is 0.529. The number of amides is 1. The lowest BCUT2D eigenvalue weighted by Gasteiger charge is -2.13. The van der Waals surface area contributed by atoms with Crippen molar-refractivity contribution < 1.29 is 19.0 Å². The number of carbonyl (C=O) groups excluding carboxylic acids is 1. The van der Waals surface area contributed by atoms with E-state index >= 15 is 0 Å². The van der Waals surface area contributed by atoms with Gasteiger partial charge in [0.05, 0.1) is 17.9 Å². The predicted octanol–water partition coefficient (Wildman–Crippen LogP) is 1.38. The first-order valence-corrected chi connectivity index (χ1v) is 9.77. The topological polar surface area (TPSA) is 100 Å². The van der Waals surface area contributed by atoms with E-state index in [2.05, 4.69) is 20.8 Å². The molecule has 0 saturated carbocycles. The van der Waals surface area contributed by atoms with E-state index in [1.54, 1.807) is 4.68 Å². The van der Waals surface area contributed by atoms with Crippen LogP contribution in [-0.4, -0.2) is 50.9 Å². The number of nitrogens with zero attached hydrogens (tertiary/aromatic N) is 4. The summed E-state index contributed by atoms with van der Waals surface area (Å²) in [5.41, 5.74) is 0.952. The molecule has 144 valence electrons. The van der Waals surface area contributed by atoms with Crippen LogP contribution in [-0.2, 0) is 22.6 Å². The van der Waals surface area contributed by atoms with Gasteiger partial charge in [-0.3, -0.25) is 4.79 Å². The van der Waals surface area contributed by atoms with Crippen molar-refractivity contribution in [1.29, 1.82) is 0 Å². The van der Waals surface area contributed by atoms with Gasteiger partial charge in [-0.05, 0) is 47.9 Å². The Morgan fingerprint density at radius 3 is 3.15 bits per heavy atom. The molecule has 0 aliphatic carbocycles. The Kier molecular flexibility index (Phi) is 5.44. The number of aromatic nitrogens is 4. The molecule has 0 radical (unpaired) electrons. The molecule has 1 saturated heterocycles. The monoisotopic (exact) mass is 391 g/mol. The molecule has 0 spiro atoms. The number of nitrogens with one attached hydrogen (secondary N) is 1. The largest absolute Gasteiger partial charge is 0.454 e. The van der Waals surface area contributed by atoms with Crippen LogP contribution in [0.25, 0.3) is 0 Å². The summed E-state index contributed by atoms with van der Waals surface area (Å²) in [5.74, 6) is 1.36. The van der Waals surface area contributed by atoms with Gasteiger partial charge in [0.2, 0.25) is 17.9 Å². The maximum absolute atomic E-state index is 12.4. The van der Waals surface area contributed by atoms with Gasteiger partial charge in [-0.15, -0.1) is 5.10 Å². The summed E-state index contributed by atoms with van der Waals surface area (Å²) < 4.78 is 18.0. The minimum absolute atomic E-state index is 0.0793. The van der Waals surface area contributed by atoms with Gasteiger partial charge >= 0.3 is 0 Å². The zero-order valence-electron chi connectivity index (χ0n) is 15.0. The molecule has 0 unspecified atom stereocenters. The molecule has 4 rings (SSSR count). The quantitative estimate of drug-likeness (QED) is 0.707. The summed E-state index contributed by atoms with van der Waals surface area (Å²) in [6, 6.07) is 5.64. The molecule has 1 N–H and O–H groups in total. The average Bonchev–Trinajstić information content (AvgIpc) is 3.42. The molecule has 1 aromatic heterocycles. The number of carbonyl (C=O) groups is 1. The molecule has 9 nitrogen and oxygen atoms in total. The molecule has 2 aromatic rings. The van der Waals surface area contributed by atoms with Gasteiger partial charge in [-0.2, -0.15) is 0 Å². The van der Waals surface area contributed by atoms with Crippen LogP contribution in [0.5, 0.6) is 11.5 Å². The smallest absolute Gasteiger partial charge is 0.233 e. The summed E-state index contributed by atoms with van der Waals surface area (Å²) >= 11 is 1.34. The highest BCUT2D eigenvalue weighted by molar-refractivity contribution is 8.00. The zero-order chi connectivity index (χ0) is 18.6. The van der Waals surface area contributed by atoms with Gasteiger partial charge in [-0.25, -0.2) is 4.68 Å². The molecule has 0 bridgehead atoms. The first-order valence-electron chi connectivity index (χ1n) is 8.90. The Morgan fingerprint density at radius 2 is 2.30 bits per heavy atom. The van der Waals surface area contributed by atoms with E-state index in [-0.39, 0.29) is 24.1 Å².